The molecular weight excluding hydrogens is 324 g/mol. The standard InChI is InChI=1S/C21H30N4O/c1-15(2)13-25(21(26)17-11-12-17)14-18-19(16-9-7-6-8-10-16)22-24(5)20(18)23(3)4/h6-10,15,17H,11-14H2,1-5H3. The molecule has 5 nitrogen and oxygen atoms in total. The van der Waals surface area contributed by atoms with E-state index in [9.17, 15) is 4.79 Å². The van der Waals surface area contributed by atoms with Crippen LogP contribution in [-0.2, 0) is 18.4 Å². The molecule has 1 saturated carbocycles. The minimum atomic E-state index is 0.230. The Morgan fingerprint density at radius 2 is 1.88 bits per heavy atom. The second-order valence-corrected chi connectivity index (χ2v) is 7.92. The second-order valence-electron chi connectivity index (χ2n) is 7.92. The molecule has 0 saturated heterocycles. The lowest BCUT2D eigenvalue weighted by molar-refractivity contribution is -0.133. The number of aryl methyl sites for hydroxylation is 1. The Balaban J connectivity index is 2.01. The van der Waals surface area contributed by atoms with E-state index in [2.05, 4.69) is 30.9 Å². The van der Waals surface area contributed by atoms with Crippen LogP contribution in [0, 0.1) is 11.8 Å². The van der Waals surface area contributed by atoms with Crippen LogP contribution in [0.5, 0.6) is 0 Å². The molecule has 1 aromatic heterocycles. The zero-order valence-electron chi connectivity index (χ0n) is 16.6. The molecule has 2 aromatic rings. The second kappa shape index (κ2) is 7.52. The largest absolute Gasteiger partial charge is 0.363 e. The SMILES string of the molecule is CC(C)CN(Cc1c(-c2ccccc2)nn(C)c1N(C)C)C(=O)C1CC1. The average Bonchev–Trinajstić information content (AvgIpc) is 3.38. The maximum atomic E-state index is 12.9. The Bertz CT molecular complexity index is 760. The molecule has 140 valence electrons. The Labute approximate surface area is 156 Å². The minimum Gasteiger partial charge on any atom is -0.363 e. The van der Waals surface area contributed by atoms with Gasteiger partial charge in [0.15, 0.2) is 0 Å². The van der Waals surface area contributed by atoms with E-state index in [1.165, 1.54) is 0 Å². The first kappa shape index (κ1) is 18.5. The minimum absolute atomic E-state index is 0.230. The summed E-state index contributed by atoms with van der Waals surface area (Å²) in [5.74, 6) is 2.03. The molecule has 5 heteroatoms. The third kappa shape index (κ3) is 3.92. The Hall–Kier alpha value is -2.30. The van der Waals surface area contributed by atoms with Gasteiger partial charge in [0.05, 0.1) is 12.2 Å². The summed E-state index contributed by atoms with van der Waals surface area (Å²) >= 11 is 0. The highest BCUT2D eigenvalue weighted by molar-refractivity contribution is 5.81. The molecule has 26 heavy (non-hydrogen) atoms. The predicted molar refractivity (Wildman–Crippen MR) is 106 cm³/mol. The lowest BCUT2D eigenvalue weighted by Gasteiger charge is -2.26. The fraction of sp³-hybridized carbons (Fsp3) is 0.524. The third-order valence-corrected chi connectivity index (χ3v) is 4.76. The number of aromatic nitrogens is 2. The lowest BCUT2D eigenvalue weighted by atomic mass is 10.1. The van der Waals surface area contributed by atoms with Gasteiger partial charge in [0, 0.05) is 44.7 Å². The summed E-state index contributed by atoms with van der Waals surface area (Å²) < 4.78 is 1.92. The van der Waals surface area contributed by atoms with Crippen LogP contribution in [0.15, 0.2) is 30.3 Å². The molecule has 1 aliphatic rings. The maximum Gasteiger partial charge on any atom is 0.225 e. The number of anilines is 1. The quantitative estimate of drug-likeness (QED) is 0.763. The van der Waals surface area contributed by atoms with Crippen molar-refractivity contribution in [2.75, 3.05) is 25.5 Å². The van der Waals surface area contributed by atoms with E-state index in [4.69, 9.17) is 5.10 Å². The molecule has 1 heterocycles. The maximum absolute atomic E-state index is 12.9. The van der Waals surface area contributed by atoms with E-state index < -0.39 is 0 Å². The van der Waals surface area contributed by atoms with Gasteiger partial charge in [0.1, 0.15) is 5.82 Å². The fourth-order valence-electron chi connectivity index (χ4n) is 3.54. The van der Waals surface area contributed by atoms with Gasteiger partial charge >= 0.3 is 0 Å². The normalized spacial score (nSPS) is 13.9. The Morgan fingerprint density at radius 1 is 1.23 bits per heavy atom. The summed E-state index contributed by atoms with van der Waals surface area (Å²) in [5.41, 5.74) is 3.18. The highest BCUT2D eigenvalue weighted by Gasteiger charge is 2.34. The van der Waals surface area contributed by atoms with Crippen molar-refractivity contribution in [3.63, 3.8) is 0 Å². The molecule has 0 unspecified atom stereocenters. The molecule has 1 aromatic carbocycles. The van der Waals surface area contributed by atoms with Gasteiger partial charge in [-0.2, -0.15) is 5.10 Å². The average molecular weight is 354 g/mol. The zero-order chi connectivity index (χ0) is 18.8. The summed E-state index contributed by atoms with van der Waals surface area (Å²) in [7, 11) is 6.04. The molecule has 1 aliphatic carbocycles. The first-order valence-electron chi connectivity index (χ1n) is 9.46. The van der Waals surface area contributed by atoms with E-state index in [0.29, 0.717) is 18.4 Å². The Morgan fingerprint density at radius 3 is 2.42 bits per heavy atom. The van der Waals surface area contributed by atoms with Crippen molar-refractivity contribution in [1.82, 2.24) is 14.7 Å². The van der Waals surface area contributed by atoms with Gasteiger partial charge in [-0.1, -0.05) is 44.2 Å². The van der Waals surface area contributed by atoms with Gasteiger partial charge in [-0.25, -0.2) is 0 Å². The molecule has 0 N–H and O–H groups in total. The van der Waals surface area contributed by atoms with Crippen LogP contribution in [0.2, 0.25) is 0 Å². The number of rotatable bonds is 7. The molecule has 3 rings (SSSR count). The summed E-state index contributed by atoms with van der Waals surface area (Å²) in [5, 5.41) is 4.79. The van der Waals surface area contributed by atoms with Crippen LogP contribution in [0.25, 0.3) is 11.3 Å². The first-order chi connectivity index (χ1) is 12.4. The van der Waals surface area contributed by atoms with Crippen molar-refractivity contribution in [1.29, 1.82) is 0 Å². The van der Waals surface area contributed by atoms with Gasteiger partial charge in [-0.15, -0.1) is 0 Å². The number of benzene rings is 1. The third-order valence-electron chi connectivity index (χ3n) is 4.76. The van der Waals surface area contributed by atoms with Crippen molar-refractivity contribution in [2.24, 2.45) is 18.9 Å². The van der Waals surface area contributed by atoms with E-state index in [1.54, 1.807) is 0 Å². The van der Waals surface area contributed by atoms with Crippen molar-refractivity contribution < 1.29 is 4.79 Å². The van der Waals surface area contributed by atoms with Crippen LogP contribution < -0.4 is 4.90 Å². The molecule has 0 atom stereocenters. The highest BCUT2D eigenvalue weighted by Crippen LogP contribution is 2.35. The summed E-state index contributed by atoms with van der Waals surface area (Å²) in [6.45, 7) is 5.73. The Kier molecular flexibility index (Phi) is 5.35. The molecule has 0 spiro atoms. The predicted octanol–water partition coefficient (Wildman–Crippen LogP) is 3.55. The summed E-state index contributed by atoms with van der Waals surface area (Å²) in [6.07, 6.45) is 2.07. The highest BCUT2D eigenvalue weighted by atomic mass is 16.2. The molecule has 0 aliphatic heterocycles. The summed E-state index contributed by atoms with van der Waals surface area (Å²) in [6, 6.07) is 10.2. The van der Waals surface area contributed by atoms with E-state index in [-0.39, 0.29) is 5.92 Å². The molecular formula is C21H30N4O. The van der Waals surface area contributed by atoms with Gasteiger partial charge in [0.2, 0.25) is 5.91 Å². The van der Waals surface area contributed by atoms with Crippen LogP contribution in [0.1, 0.15) is 32.3 Å². The van der Waals surface area contributed by atoms with Gasteiger partial charge in [-0.3, -0.25) is 9.48 Å². The number of hydrogen-bond acceptors (Lipinski definition) is 3. The number of hydrogen-bond donors (Lipinski definition) is 0. The first-order valence-corrected chi connectivity index (χ1v) is 9.46. The van der Waals surface area contributed by atoms with Crippen molar-refractivity contribution >= 4 is 11.7 Å². The van der Waals surface area contributed by atoms with Gasteiger partial charge in [0.25, 0.3) is 0 Å². The number of carbonyl (C=O) groups excluding carboxylic acids is 1. The zero-order valence-corrected chi connectivity index (χ0v) is 16.6. The number of carbonyl (C=O) groups is 1. The molecule has 1 amide bonds. The number of amides is 1. The van der Waals surface area contributed by atoms with E-state index in [1.807, 2.05) is 48.9 Å². The monoisotopic (exact) mass is 354 g/mol. The van der Waals surface area contributed by atoms with E-state index >= 15 is 0 Å². The molecule has 0 radical (unpaired) electrons. The molecule has 0 bridgehead atoms. The van der Waals surface area contributed by atoms with Crippen LogP contribution >= 0.6 is 0 Å². The summed E-state index contributed by atoms with van der Waals surface area (Å²) in [4.78, 5) is 17.0. The number of nitrogens with zero attached hydrogens (tertiary/aromatic N) is 4. The van der Waals surface area contributed by atoms with Crippen LogP contribution in [0.4, 0.5) is 5.82 Å². The van der Waals surface area contributed by atoms with E-state index in [0.717, 1.165) is 42.0 Å². The lowest BCUT2D eigenvalue weighted by Crippen LogP contribution is -2.35. The fourth-order valence-corrected chi connectivity index (χ4v) is 3.54. The smallest absolute Gasteiger partial charge is 0.225 e. The van der Waals surface area contributed by atoms with Crippen molar-refractivity contribution in [3.8, 4) is 11.3 Å². The van der Waals surface area contributed by atoms with Gasteiger partial charge < -0.3 is 9.80 Å². The van der Waals surface area contributed by atoms with Crippen LogP contribution in [-0.4, -0.2) is 41.2 Å². The van der Waals surface area contributed by atoms with Crippen LogP contribution in [0.3, 0.4) is 0 Å². The van der Waals surface area contributed by atoms with Crippen molar-refractivity contribution in [2.45, 2.75) is 33.2 Å². The molecule has 1 fully saturated rings. The topological polar surface area (TPSA) is 41.4 Å². The van der Waals surface area contributed by atoms with Crippen molar-refractivity contribution in [3.05, 3.63) is 35.9 Å². The van der Waals surface area contributed by atoms with Gasteiger partial charge in [-0.05, 0) is 18.8 Å².